The van der Waals surface area contributed by atoms with Crippen LogP contribution in [0.3, 0.4) is 0 Å². The smallest absolute Gasteiger partial charge is 0.320 e. The summed E-state index contributed by atoms with van der Waals surface area (Å²) < 4.78 is 10.2. The Labute approximate surface area is 211 Å². The zero-order valence-electron chi connectivity index (χ0n) is 20.7. The van der Waals surface area contributed by atoms with Crippen LogP contribution in [0.25, 0.3) is 0 Å². The number of benzene rings is 3. The average Bonchev–Trinajstić information content (AvgIpc) is 2.90. The van der Waals surface area contributed by atoms with Crippen molar-refractivity contribution >= 4 is 22.8 Å². The van der Waals surface area contributed by atoms with Crippen LogP contribution in [0.4, 0.5) is 0 Å². The Morgan fingerprint density at radius 1 is 0.800 bits per heavy atom. The van der Waals surface area contributed by atoms with Gasteiger partial charge in [-0.05, 0) is 55.3 Å². The van der Waals surface area contributed by atoms with Gasteiger partial charge >= 0.3 is 11.9 Å². The van der Waals surface area contributed by atoms with E-state index >= 15 is 0 Å². The number of nitrogens with zero attached hydrogens (tertiary/aromatic N) is 1. The van der Waals surface area contributed by atoms with E-state index in [1.807, 2.05) is 26.0 Å². The first-order valence-electron chi connectivity index (χ1n) is 11.9. The van der Waals surface area contributed by atoms with Crippen LogP contribution in [0.1, 0.15) is 25.8 Å². The Bertz CT molecular complexity index is 1020. The number of carbonyl (C=O) groups excluding carboxylic acids is 2. The van der Waals surface area contributed by atoms with E-state index in [0.717, 1.165) is 12.0 Å². The number of hydrogen-bond donors (Lipinski definition) is 0. The first-order chi connectivity index (χ1) is 17.0. The molecule has 0 saturated carbocycles. The molecule has 0 aliphatic carbocycles. The van der Waals surface area contributed by atoms with Gasteiger partial charge in [-0.25, -0.2) is 0 Å². The van der Waals surface area contributed by atoms with Crippen LogP contribution in [0, 0.1) is 0 Å². The van der Waals surface area contributed by atoms with Crippen LogP contribution in [0.5, 0.6) is 0 Å². The van der Waals surface area contributed by atoms with Crippen molar-refractivity contribution in [3.8, 4) is 0 Å². The van der Waals surface area contributed by atoms with Crippen molar-refractivity contribution in [2.75, 3.05) is 26.8 Å². The number of carbonyl (C=O) groups is 2. The first kappa shape index (κ1) is 26.5. The number of esters is 2. The maximum atomic E-state index is 12.4. The molecule has 0 aromatic heterocycles. The standard InChI is InChI=1S/C29H34NO4S/c1-4-23(2)30(21-28(31)33-3)22-29(32)34-20-19-24-15-17-27(18-16-24)35(25-11-7-5-8-12-25)26-13-9-6-10-14-26/h5-18,23H,4,19-22H2,1-3H3/q+1. The molecule has 0 amide bonds. The normalized spacial score (nSPS) is 11.9. The monoisotopic (exact) mass is 492 g/mol. The lowest BCUT2D eigenvalue weighted by Gasteiger charge is -2.26. The van der Waals surface area contributed by atoms with Crippen molar-refractivity contribution < 1.29 is 19.1 Å². The van der Waals surface area contributed by atoms with Gasteiger partial charge in [0.2, 0.25) is 0 Å². The molecule has 3 aromatic rings. The maximum Gasteiger partial charge on any atom is 0.320 e. The third kappa shape index (κ3) is 7.98. The fourth-order valence-corrected chi connectivity index (χ4v) is 5.75. The molecule has 0 fully saturated rings. The minimum Gasteiger partial charge on any atom is -0.468 e. The van der Waals surface area contributed by atoms with Gasteiger partial charge in [-0.15, -0.1) is 0 Å². The third-order valence-corrected chi connectivity index (χ3v) is 8.11. The van der Waals surface area contributed by atoms with Gasteiger partial charge in [0.1, 0.15) is 0 Å². The lowest BCUT2D eigenvalue weighted by atomic mass is 10.2. The van der Waals surface area contributed by atoms with Gasteiger partial charge in [0, 0.05) is 12.5 Å². The van der Waals surface area contributed by atoms with Crippen molar-refractivity contribution in [2.24, 2.45) is 0 Å². The molecule has 0 saturated heterocycles. The van der Waals surface area contributed by atoms with Crippen LogP contribution in [0.2, 0.25) is 0 Å². The topological polar surface area (TPSA) is 55.8 Å². The van der Waals surface area contributed by atoms with Gasteiger partial charge in [-0.1, -0.05) is 55.5 Å². The molecule has 0 radical (unpaired) electrons. The van der Waals surface area contributed by atoms with Crippen molar-refractivity contribution in [1.82, 2.24) is 4.90 Å². The predicted molar refractivity (Wildman–Crippen MR) is 139 cm³/mol. The molecule has 3 rings (SSSR count). The highest BCUT2D eigenvalue weighted by atomic mass is 32.2. The van der Waals surface area contributed by atoms with E-state index in [1.165, 1.54) is 21.8 Å². The first-order valence-corrected chi connectivity index (χ1v) is 13.1. The molecule has 3 aromatic carbocycles. The summed E-state index contributed by atoms with van der Waals surface area (Å²) in [4.78, 5) is 29.6. The molecule has 0 aliphatic heterocycles. The quantitative estimate of drug-likeness (QED) is 0.259. The SMILES string of the molecule is CCC(C)N(CC(=O)OC)CC(=O)OCCc1ccc([S+](c2ccccc2)c2ccccc2)cc1. The molecule has 5 nitrogen and oxygen atoms in total. The molecule has 0 aliphatic rings. The van der Waals surface area contributed by atoms with Gasteiger partial charge in [0.05, 0.1) is 37.7 Å². The lowest BCUT2D eigenvalue weighted by Crippen LogP contribution is -2.41. The zero-order chi connectivity index (χ0) is 25.0. The summed E-state index contributed by atoms with van der Waals surface area (Å²) in [6.45, 7) is 4.45. The second kappa shape index (κ2) is 13.7. The van der Waals surface area contributed by atoms with Crippen LogP contribution in [-0.4, -0.2) is 49.7 Å². The molecule has 0 heterocycles. The molecule has 0 spiro atoms. The van der Waals surface area contributed by atoms with Crippen molar-refractivity contribution in [3.05, 3.63) is 90.5 Å². The average molecular weight is 493 g/mol. The number of hydrogen-bond acceptors (Lipinski definition) is 5. The van der Waals surface area contributed by atoms with Gasteiger partial charge in [-0.3, -0.25) is 14.5 Å². The van der Waals surface area contributed by atoms with Gasteiger partial charge < -0.3 is 9.47 Å². The van der Waals surface area contributed by atoms with Crippen LogP contribution in [-0.2, 0) is 36.4 Å². The van der Waals surface area contributed by atoms with E-state index in [-0.39, 0.29) is 42.0 Å². The fourth-order valence-electron chi connectivity index (χ4n) is 3.66. The maximum absolute atomic E-state index is 12.4. The van der Waals surface area contributed by atoms with E-state index in [0.29, 0.717) is 13.0 Å². The fraction of sp³-hybridized carbons (Fsp3) is 0.310. The van der Waals surface area contributed by atoms with Crippen molar-refractivity contribution in [3.63, 3.8) is 0 Å². The Morgan fingerprint density at radius 2 is 1.31 bits per heavy atom. The second-order valence-corrected chi connectivity index (χ2v) is 10.3. The molecule has 0 N–H and O–H groups in total. The second-order valence-electron chi connectivity index (χ2n) is 8.29. The summed E-state index contributed by atoms with van der Waals surface area (Å²) in [5.41, 5.74) is 1.11. The van der Waals surface area contributed by atoms with Crippen LogP contribution < -0.4 is 0 Å². The molecule has 184 valence electrons. The molecular weight excluding hydrogens is 458 g/mol. The Morgan fingerprint density at radius 3 is 1.83 bits per heavy atom. The minimum atomic E-state index is -0.358. The highest BCUT2D eigenvalue weighted by Crippen LogP contribution is 2.31. The largest absolute Gasteiger partial charge is 0.468 e. The summed E-state index contributed by atoms with van der Waals surface area (Å²) in [6, 6.07) is 29.7. The lowest BCUT2D eigenvalue weighted by molar-refractivity contribution is -0.148. The molecule has 0 bridgehead atoms. The molecular formula is C29H34NO4S+. The summed E-state index contributed by atoms with van der Waals surface area (Å²) in [7, 11) is 1.17. The van der Waals surface area contributed by atoms with Crippen molar-refractivity contribution in [1.29, 1.82) is 0 Å². The highest BCUT2D eigenvalue weighted by molar-refractivity contribution is 7.97. The minimum absolute atomic E-state index is 0.0694. The van der Waals surface area contributed by atoms with E-state index in [9.17, 15) is 9.59 Å². The van der Waals surface area contributed by atoms with E-state index in [1.54, 1.807) is 4.90 Å². The van der Waals surface area contributed by atoms with E-state index < -0.39 is 0 Å². The van der Waals surface area contributed by atoms with E-state index in [4.69, 9.17) is 9.47 Å². The van der Waals surface area contributed by atoms with Crippen LogP contribution in [0.15, 0.2) is 99.6 Å². The Kier molecular flexibility index (Phi) is 10.4. The zero-order valence-corrected chi connectivity index (χ0v) is 21.5. The highest BCUT2D eigenvalue weighted by Gasteiger charge is 2.28. The van der Waals surface area contributed by atoms with Gasteiger partial charge in [-0.2, -0.15) is 0 Å². The van der Waals surface area contributed by atoms with Gasteiger partial charge in [0.15, 0.2) is 14.7 Å². The molecule has 6 heteroatoms. The van der Waals surface area contributed by atoms with E-state index in [2.05, 4.69) is 72.8 Å². The molecule has 35 heavy (non-hydrogen) atoms. The molecule has 1 unspecified atom stereocenters. The number of methoxy groups -OCH3 is 1. The van der Waals surface area contributed by atoms with Crippen LogP contribution >= 0.6 is 0 Å². The summed E-state index contributed by atoms with van der Waals surface area (Å²) in [5, 5.41) is 0. The van der Waals surface area contributed by atoms with Crippen molar-refractivity contribution in [2.45, 2.75) is 47.4 Å². The summed E-state index contributed by atoms with van der Waals surface area (Å²) in [6.07, 6.45) is 1.46. The predicted octanol–water partition coefficient (Wildman–Crippen LogP) is 5.14. The Balaban J connectivity index is 1.60. The number of rotatable bonds is 12. The summed E-state index contributed by atoms with van der Waals surface area (Å²) in [5.74, 6) is -0.691. The third-order valence-electron chi connectivity index (χ3n) is 5.88. The number of ether oxygens (including phenoxy) is 2. The molecule has 1 atom stereocenters. The Hall–Kier alpha value is -3.09. The van der Waals surface area contributed by atoms with Gasteiger partial charge in [0.25, 0.3) is 0 Å². The summed E-state index contributed by atoms with van der Waals surface area (Å²) >= 11 is 0.